The van der Waals surface area contributed by atoms with Gasteiger partial charge in [0.15, 0.2) is 0 Å². The summed E-state index contributed by atoms with van der Waals surface area (Å²) in [7, 11) is 2.92. The molecule has 0 spiro atoms. The van der Waals surface area contributed by atoms with E-state index in [0.717, 1.165) is 6.08 Å². The molecule has 0 aliphatic heterocycles. The van der Waals surface area contributed by atoms with E-state index >= 15 is 0 Å². The minimum Gasteiger partial charge on any atom is -0.493 e. The number of methoxy groups -OCH3 is 2. The lowest BCUT2D eigenvalue weighted by molar-refractivity contribution is -0.131. The molecule has 0 amide bonds. The van der Waals surface area contributed by atoms with Gasteiger partial charge < -0.3 is 19.3 Å². The van der Waals surface area contributed by atoms with Gasteiger partial charge in [-0.25, -0.2) is 4.79 Å². The number of aromatic nitrogens is 1. The van der Waals surface area contributed by atoms with Crippen LogP contribution < -0.4 is 9.47 Å². The van der Waals surface area contributed by atoms with E-state index in [-0.39, 0.29) is 11.6 Å². The van der Waals surface area contributed by atoms with Crippen LogP contribution in [0.5, 0.6) is 11.8 Å². The highest BCUT2D eigenvalue weighted by Crippen LogP contribution is 2.27. The summed E-state index contributed by atoms with van der Waals surface area (Å²) in [5.41, 5.74) is 0.461. The van der Waals surface area contributed by atoms with Crippen LogP contribution in [0, 0.1) is 0 Å². The first-order chi connectivity index (χ1) is 8.62. The zero-order valence-electron chi connectivity index (χ0n) is 10.5. The number of carbonyl (C=O) groups is 1. The second-order valence-electron chi connectivity index (χ2n) is 3.19. The summed E-state index contributed by atoms with van der Waals surface area (Å²) in [6.07, 6.45) is 0.968. The van der Waals surface area contributed by atoms with Crippen molar-refractivity contribution in [1.82, 2.24) is 4.98 Å². The van der Waals surface area contributed by atoms with Gasteiger partial charge in [-0.2, -0.15) is 4.98 Å². The summed E-state index contributed by atoms with van der Waals surface area (Å²) in [4.78, 5) is 14.8. The third-order valence-electron chi connectivity index (χ3n) is 2.06. The molecule has 1 N–H and O–H groups in total. The van der Waals surface area contributed by atoms with Gasteiger partial charge in [-0.3, -0.25) is 0 Å². The topological polar surface area (TPSA) is 77.9 Å². The Morgan fingerprint density at radius 1 is 1.39 bits per heavy atom. The predicted octanol–water partition coefficient (Wildman–Crippen LogP) is 1.56. The van der Waals surface area contributed by atoms with Crippen LogP contribution in [0.2, 0.25) is 0 Å². The Kier molecular flexibility index (Phi) is 4.98. The van der Waals surface area contributed by atoms with E-state index in [9.17, 15) is 4.79 Å². The van der Waals surface area contributed by atoms with Gasteiger partial charge in [0.2, 0.25) is 11.8 Å². The van der Waals surface area contributed by atoms with E-state index < -0.39 is 5.97 Å². The lowest BCUT2D eigenvalue weighted by atomic mass is 10.2. The third kappa shape index (κ3) is 3.38. The smallest absolute Gasteiger partial charge is 0.332 e. The highest BCUT2D eigenvalue weighted by atomic mass is 16.5. The molecule has 0 radical (unpaired) electrons. The molecule has 0 aliphatic rings. The van der Waals surface area contributed by atoms with Gasteiger partial charge in [0.1, 0.15) is 5.76 Å². The second-order valence-corrected chi connectivity index (χ2v) is 3.19. The van der Waals surface area contributed by atoms with Gasteiger partial charge in [0.05, 0.1) is 32.5 Å². The van der Waals surface area contributed by atoms with Crippen molar-refractivity contribution in [3.63, 3.8) is 0 Å². The summed E-state index contributed by atoms with van der Waals surface area (Å²) in [5.74, 6) is -0.287. The van der Waals surface area contributed by atoms with E-state index in [1.54, 1.807) is 19.1 Å². The largest absolute Gasteiger partial charge is 0.493 e. The molecular formula is C12H15NO5. The molecule has 6 heteroatoms. The Labute approximate surface area is 105 Å². The number of aliphatic carboxylic acids is 1. The Balaban J connectivity index is 3.23. The first-order valence-corrected chi connectivity index (χ1v) is 5.29. The molecule has 1 aromatic heterocycles. The van der Waals surface area contributed by atoms with Crippen molar-refractivity contribution in [2.45, 2.75) is 6.92 Å². The fourth-order valence-corrected chi connectivity index (χ4v) is 1.35. The molecule has 0 atom stereocenters. The van der Waals surface area contributed by atoms with E-state index in [2.05, 4.69) is 4.98 Å². The number of hydrogen-bond acceptors (Lipinski definition) is 5. The molecule has 0 aromatic carbocycles. The van der Waals surface area contributed by atoms with Crippen LogP contribution >= 0.6 is 0 Å². The molecule has 1 rings (SSSR count). The highest BCUT2D eigenvalue weighted by molar-refractivity contribution is 5.88. The number of nitrogens with zero attached hydrogens (tertiary/aromatic N) is 1. The Morgan fingerprint density at radius 2 is 2.11 bits per heavy atom. The first kappa shape index (κ1) is 13.8. The number of pyridine rings is 1. The molecule has 0 fully saturated rings. The van der Waals surface area contributed by atoms with Gasteiger partial charge in [-0.1, -0.05) is 0 Å². The SMILES string of the molecule is CCOC(=CC(=O)O)c1ccc(OC)nc1OC. The summed E-state index contributed by atoms with van der Waals surface area (Å²) >= 11 is 0. The van der Waals surface area contributed by atoms with Crippen LogP contribution in [-0.2, 0) is 9.53 Å². The van der Waals surface area contributed by atoms with Gasteiger partial charge in [0, 0.05) is 6.07 Å². The fraction of sp³-hybridized carbons (Fsp3) is 0.333. The van der Waals surface area contributed by atoms with E-state index in [1.165, 1.54) is 14.2 Å². The first-order valence-electron chi connectivity index (χ1n) is 5.29. The molecular weight excluding hydrogens is 238 g/mol. The Hall–Kier alpha value is -2.24. The second kappa shape index (κ2) is 6.48. The lowest BCUT2D eigenvalue weighted by Gasteiger charge is -2.12. The van der Waals surface area contributed by atoms with Crippen LogP contribution in [-0.4, -0.2) is 36.9 Å². The van der Waals surface area contributed by atoms with Gasteiger partial charge in [0.25, 0.3) is 0 Å². The summed E-state index contributed by atoms with van der Waals surface area (Å²) < 4.78 is 15.3. The van der Waals surface area contributed by atoms with Gasteiger partial charge in [-0.05, 0) is 13.0 Å². The predicted molar refractivity (Wildman–Crippen MR) is 64.6 cm³/mol. The van der Waals surface area contributed by atoms with Crippen molar-refractivity contribution in [2.75, 3.05) is 20.8 Å². The molecule has 98 valence electrons. The lowest BCUT2D eigenvalue weighted by Crippen LogP contribution is -2.02. The zero-order valence-corrected chi connectivity index (χ0v) is 10.5. The van der Waals surface area contributed by atoms with Crippen molar-refractivity contribution < 1.29 is 24.1 Å². The quantitative estimate of drug-likeness (QED) is 0.612. The minimum absolute atomic E-state index is 0.192. The van der Waals surface area contributed by atoms with E-state index in [4.69, 9.17) is 19.3 Å². The number of ether oxygens (including phenoxy) is 3. The maximum Gasteiger partial charge on any atom is 0.332 e. The molecule has 6 nitrogen and oxygen atoms in total. The van der Waals surface area contributed by atoms with Gasteiger partial charge in [-0.15, -0.1) is 0 Å². The highest BCUT2D eigenvalue weighted by Gasteiger charge is 2.14. The van der Waals surface area contributed by atoms with Gasteiger partial charge >= 0.3 is 5.97 Å². The number of rotatable bonds is 6. The standard InChI is InChI=1S/C12H15NO5/c1-4-18-9(7-11(14)15)8-5-6-10(16-2)13-12(8)17-3/h5-7H,4H2,1-3H3,(H,14,15). The van der Waals surface area contributed by atoms with Crippen LogP contribution in [0.1, 0.15) is 12.5 Å². The van der Waals surface area contributed by atoms with Crippen LogP contribution in [0.4, 0.5) is 0 Å². The fourth-order valence-electron chi connectivity index (χ4n) is 1.35. The monoisotopic (exact) mass is 253 g/mol. The molecule has 0 unspecified atom stereocenters. The normalized spacial score (nSPS) is 10.9. The third-order valence-corrected chi connectivity index (χ3v) is 2.06. The molecule has 18 heavy (non-hydrogen) atoms. The zero-order chi connectivity index (χ0) is 13.5. The van der Waals surface area contributed by atoms with Crippen molar-refractivity contribution in [2.24, 2.45) is 0 Å². The van der Waals surface area contributed by atoms with Crippen molar-refractivity contribution in [3.05, 3.63) is 23.8 Å². The molecule has 0 bridgehead atoms. The summed E-state index contributed by atoms with van der Waals surface area (Å²) in [6, 6.07) is 3.24. The molecule has 0 saturated carbocycles. The summed E-state index contributed by atoms with van der Waals surface area (Å²) in [5, 5.41) is 8.79. The molecule has 0 aliphatic carbocycles. The maximum atomic E-state index is 10.7. The minimum atomic E-state index is -1.10. The Morgan fingerprint density at radius 3 is 2.61 bits per heavy atom. The van der Waals surface area contributed by atoms with Crippen molar-refractivity contribution in [1.29, 1.82) is 0 Å². The van der Waals surface area contributed by atoms with E-state index in [1.807, 2.05) is 0 Å². The number of hydrogen-bond donors (Lipinski definition) is 1. The van der Waals surface area contributed by atoms with Crippen molar-refractivity contribution in [3.8, 4) is 11.8 Å². The average molecular weight is 253 g/mol. The van der Waals surface area contributed by atoms with E-state index in [0.29, 0.717) is 18.1 Å². The Bertz CT molecular complexity index is 456. The maximum absolute atomic E-state index is 10.7. The van der Waals surface area contributed by atoms with Crippen LogP contribution in [0.3, 0.4) is 0 Å². The summed E-state index contributed by atoms with van der Waals surface area (Å²) in [6.45, 7) is 2.10. The number of carboxylic acids is 1. The number of carboxylic acid groups (broad SMARTS) is 1. The average Bonchev–Trinajstić information content (AvgIpc) is 2.37. The van der Waals surface area contributed by atoms with Crippen molar-refractivity contribution >= 4 is 11.7 Å². The van der Waals surface area contributed by atoms with Crippen LogP contribution in [0.25, 0.3) is 5.76 Å². The molecule has 0 saturated heterocycles. The van der Waals surface area contributed by atoms with Crippen LogP contribution in [0.15, 0.2) is 18.2 Å². The molecule has 1 heterocycles. The molecule has 1 aromatic rings.